The number of carbonyl (C=O) groups excluding carboxylic acids is 1. The molecule has 0 spiro atoms. The van der Waals surface area contributed by atoms with E-state index in [1.807, 2.05) is 0 Å². The number of primary amides is 1. The first-order valence-electron chi connectivity index (χ1n) is 6.95. The molecule has 2 N–H and O–H groups in total. The molecule has 0 bridgehead atoms. The third-order valence-corrected chi connectivity index (χ3v) is 5.82. The van der Waals surface area contributed by atoms with Crippen molar-refractivity contribution in [2.75, 3.05) is 26.2 Å². The van der Waals surface area contributed by atoms with Gasteiger partial charge in [-0.3, -0.25) is 0 Å². The van der Waals surface area contributed by atoms with Crippen molar-refractivity contribution in [3.8, 4) is 0 Å². The number of hydrogen-bond donors (Lipinski definition) is 1. The molecule has 6 nitrogen and oxygen atoms in total. The number of amides is 2. The van der Waals surface area contributed by atoms with Crippen LogP contribution in [0.2, 0.25) is 5.02 Å². The van der Waals surface area contributed by atoms with Crippen LogP contribution in [0.4, 0.5) is 18.0 Å². The predicted octanol–water partition coefficient (Wildman–Crippen LogP) is 2.13. The highest BCUT2D eigenvalue weighted by Gasteiger charge is 2.39. The molecule has 1 aromatic rings. The highest BCUT2D eigenvalue weighted by molar-refractivity contribution is 7.89. The Morgan fingerprint density at radius 2 is 1.83 bits per heavy atom. The Bertz CT molecular complexity index is 740. The lowest BCUT2D eigenvalue weighted by atomic mass is 10.2. The summed E-state index contributed by atoms with van der Waals surface area (Å²) < 4.78 is 65.7. The minimum absolute atomic E-state index is 0.00790. The zero-order chi connectivity index (χ0) is 18.1. The van der Waals surface area contributed by atoms with Gasteiger partial charge in [0.15, 0.2) is 0 Å². The molecule has 0 atom stereocenters. The summed E-state index contributed by atoms with van der Waals surface area (Å²) in [6.45, 7) is 0.120. The van der Waals surface area contributed by atoms with E-state index in [9.17, 15) is 26.4 Å². The molecule has 134 valence electrons. The number of carbonyl (C=O) groups is 1. The van der Waals surface area contributed by atoms with Crippen molar-refractivity contribution >= 4 is 27.7 Å². The monoisotopic (exact) mass is 385 g/mol. The normalized spacial score (nSPS) is 17.6. The number of halogens is 4. The Morgan fingerprint density at radius 3 is 2.42 bits per heavy atom. The molecule has 24 heavy (non-hydrogen) atoms. The molecule has 0 unspecified atom stereocenters. The van der Waals surface area contributed by atoms with Crippen molar-refractivity contribution in [3.05, 3.63) is 28.8 Å². The van der Waals surface area contributed by atoms with E-state index in [0.717, 1.165) is 16.4 Å². The minimum Gasteiger partial charge on any atom is -0.351 e. The second kappa shape index (κ2) is 6.77. The Labute approximate surface area is 142 Å². The molecule has 0 aromatic heterocycles. The summed E-state index contributed by atoms with van der Waals surface area (Å²) in [6.07, 6.45) is -4.59. The van der Waals surface area contributed by atoms with E-state index in [1.54, 1.807) is 0 Å². The molecule has 1 saturated heterocycles. The summed E-state index contributed by atoms with van der Waals surface area (Å²) >= 11 is 5.57. The summed E-state index contributed by atoms with van der Waals surface area (Å²) in [5, 5.41) is -0.211. The number of nitrogens with two attached hydrogens (primary N) is 1. The molecule has 1 aliphatic rings. The molecule has 1 fully saturated rings. The predicted molar refractivity (Wildman–Crippen MR) is 81.0 cm³/mol. The van der Waals surface area contributed by atoms with E-state index < -0.39 is 32.7 Å². The van der Waals surface area contributed by atoms with Crippen LogP contribution in [0, 0.1) is 0 Å². The highest BCUT2D eigenvalue weighted by atomic mass is 35.5. The fourth-order valence-corrected chi connectivity index (χ4v) is 4.28. The Kier molecular flexibility index (Phi) is 5.31. The van der Waals surface area contributed by atoms with Crippen LogP contribution in [0.15, 0.2) is 23.1 Å². The van der Waals surface area contributed by atoms with E-state index in [2.05, 4.69) is 0 Å². The van der Waals surface area contributed by atoms with Crippen molar-refractivity contribution in [1.29, 1.82) is 0 Å². The zero-order valence-corrected chi connectivity index (χ0v) is 14.0. The molecule has 1 aliphatic heterocycles. The van der Waals surface area contributed by atoms with Crippen LogP contribution >= 0.6 is 11.6 Å². The van der Waals surface area contributed by atoms with E-state index in [0.29, 0.717) is 6.07 Å². The molecule has 0 aliphatic carbocycles. The molecule has 2 amide bonds. The summed E-state index contributed by atoms with van der Waals surface area (Å²) in [5.41, 5.74) is 3.84. The standard InChI is InChI=1S/C13H15ClF3N3O3S/c14-9-2-3-11(10(8-9)13(15,16)17)24(22,23)20-5-1-4-19(6-7-20)12(18)21/h2-3,8H,1,4-7H2,(H2,18,21). The van der Waals surface area contributed by atoms with Gasteiger partial charge in [0.05, 0.1) is 10.5 Å². The highest BCUT2D eigenvalue weighted by Crippen LogP contribution is 2.37. The van der Waals surface area contributed by atoms with Crippen LogP contribution in [-0.2, 0) is 16.2 Å². The molecule has 1 heterocycles. The quantitative estimate of drug-likeness (QED) is 0.846. The van der Waals surface area contributed by atoms with Crippen LogP contribution in [-0.4, -0.2) is 49.8 Å². The first-order chi connectivity index (χ1) is 11.0. The molecular formula is C13H15ClF3N3O3S. The topological polar surface area (TPSA) is 83.7 Å². The van der Waals surface area contributed by atoms with Crippen LogP contribution in [0.3, 0.4) is 0 Å². The van der Waals surface area contributed by atoms with E-state index in [-0.39, 0.29) is 37.6 Å². The lowest BCUT2D eigenvalue weighted by Gasteiger charge is -2.23. The minimum atomic E-state index is -4.86. The van der Waals surface area contributed by atoms with E-state index >= 15 is 0 Å². The first kappa shape index (κ1) is 18.8. The van der Waals surface area contributed by atoms with Gasteiger partial charge in [-0.25, -0.2) is 13.2 Å². The van der Waals surface area contributed by atoms with Gasteiger partial charge in [-0.05, 0) is 24.6 Å². The molecule has 0 radical (unpaired) electrons. The van der Waals surface area contributed by atoms with Gasteiger partial charge in [-0.2, -0.15) is 17.5 Å². The number of rotatable bonds is 2. The van der Waals surface area contributed by atoms with Crippen LogP contribution in [0.1, 0.15) is 12.0 Å². The SMILES string of the molecule is NC(=O)N1CCCN(S(=O)(=O)c2ccc(Cl)cc2C(F)(F)F)CC1. The van der Waals surface area contributed by atoms with E-state index in [4.69, 9.17) is 17.3 Å². The van der Waals surface area contributed by atoms with Crippen LogP contribution < -0.4 is 5.73 Å². The number of alkyl halides is 3. The van der Waals surface area contributed by atoms with Crippen molar-refractivity contribution < 1.29 is 26.4 Å². The first-order valence-corrected chi connectivity index (χ1v) is 8.76. The van der Waals surface area contributed by atoms with Gasteiger partial charge in [-0.1, -0.05) is 11.6 Å². The van der Waals surface area contributed by atoms with Crippen molar-refractivity contribution in [2.24, 2.45) is 5.73 Å². The van der Waals surface area contributed by atoms with Gasteiger partial charge < -0.3 is 10.6 Å². The molecule has 2 rings (SSSR count). The van der Waals surface area contributed by atoms with Gasteiger partial charge >= 0.3 is 12.2 Å². The van der Waals surface area contributed by atoms with Crippen molar-refractivity contribution in [1.82, 2.24) is 9.21 Å². The van der Waals surface area contributed by atoms with Crippen molar-refractivity contribution in [3.63, 3.8) is 0 Å². The number of urea groups is 1. The Morgan fingerprint density at radius 1 is 1.17 bits per heavy atom. The number of sulfonamides is 1. The lowest BCUT2D eigenvalue weighted by molar-refractivity contribution is -0.139. The number of hydrogen-bond acceptors (Lipinski definition) is 3. The fraction of sp³-hybridized carbons (Fsp3) is 0.462. The van der Waals surface area contributed by atoms with Gasteiger partial charge in [0.25, 0.3) is 0 Å². The van der Waals surface area contributed by atoms with Crippen LogP contribution in [0.25, 0.3) is 0 Å². The van der Waals surface area contributed by atoms with Gasteiger partial charge in [0.2, 0.25) is 10.0 Å². The Balaban J connectivity index is 2.39. The maximum atomic E-state index is 13.2. The van der Waals surface area contributed by atoms with Gasteiger partial charge in [-0.15, -0.1) is 0 Å². The second-order valence-corrected chi connectivity index (χ2v) is 7.56. The maximum absolute atomic E-state index is 13.2. The molecule has 11 heteroatoms. The third kappa shape index (κ3) is 3.93. The summed E-state index contributed by atoms with van der Waals surface area (Å²) in [4.78, 5) is 11.6. The van der Waals surface area contributed by atoms with Crippen LogP contribution in [0.5, 0.6) is 0 Å². The van der Waals surface area contributed by atoms with Crippen molar-refractivity contribution in [2.45, 2.75) is 17.5 Å². The zero-order valence-electron chi connectivity index (χ0n) is 12.4. The van der Waals surface area contributed by atoms with Gasteiger partial charge in [0, 0.05) is 31.2 Å². The number of benzene rings is 1. The largest absolute Gasteiger partial charge is 0.417 e. The smallest absolute Gasteiger partial charge is 0.351 e. The summed E-state index contributed by atoms with van der Waals surface area (Å²) in [5.74, 6) is 0. The average molecular weight is 386 g/mol. The number of nitrogens with zero attached hydrogens (tertiary/aromatic N) is 2. The fourth-order valence-electron chi connectivity index (χ4n) is 2.44. The summed E-state index contributed by atoms with van der Waals surface area (Å²) in [7, 11) is -4.39. The average Bonchev–Trinajstić information content (AvgIpc) is 2.72. The Hall–Kier alpha value is -1.52. The maximum Gasteiger partial charge on any atom is 0.417 e. The second-order valence-electron chi connectivity index (χ2n) is 5.22. The van der Waals surface area contributed by atoms with Gasteiger partial charge in [0.1, 0.15) is 0 Å². The molecular weight excluding hydrogens is 371 g/mol. The van der Waals surface area contributed by atoms with E-state index in [1.165, 1.54) is 4.90 Å². The lowest BCUT2D eigenvalue weighted by Crippen LogP contribution is -2.40. The third-order valence-electron chi connectivity index (χ3n) is 3.63. The molecule has 0 saturated carbocycles. The summed E-state index contributed by atoms with van der Waals surface area (Å²) in [6, 6.07) is 1.83. The molecule has 1 aromatic carbocycles.